The third-order valence-corrected chi connectivity index (χ3v) is 6.98. The van der Waals surface area contributed by atoms with E-state index in [1.54, 1.807) is 11.8 Å². The van der Waals surface area contributed by atoms with E-state index in [4.69, 9.17) is 14.9 Å². The number of nitrogens with zero attached hydrogens (tertiary/aromatic N) is 3. The van der Waals surface area contributed by atoms with Crippen molar-refractivity contribution in [2.75, 3.05) is 6.26 Å². The summed E-state index contributed by atoms with van der Waals surface area (Å²) in [6, 6.07) is 13.8. The second-order valence-corrected chi connectivity index (χ2v) is 8.14. The molecule has 2 aliphatic heterocycles. The summed E-state index contributed by atoms with van der Waals surface area (Å²) in [7, 11) is 0. The lowest BCUT2D eigenvalue weighted by Gasteiger charge is -2.51. The van der Waals surface area contributed by atoms with Gasteiger partial charge in [-0.25, -0.2) is 0 Å². The van der Waals surface area contributed by atoms with Gasteiger partial charge in [0.1, 0.15) is 6.10 Å². The van der Waals surface area contributed by atoms with Gasteiger partial charge in [0.2, 0.25) is 17.1 Å². The maximum absolute atomic E-state index is 10.2. The van der Waals surface area contributed by atoms with Crippen LogP contribution in [0.15, 0.2) is 29.2 Å². The predicted molar refractivity (Wildman–Crippen MR) is 97.3 cm³/mol. The van der Waals surface area contributed by atoms with Gasteiger partial charge >= 0.3 is 0 Å². The van der Waals surface area contributed by atoms with Gasteiger partial charge in [0.05, 0.1) is 24.1 Å². The van der Waals surface area contributed by atoms with Gasteiger partial charge in [0.25, 0.3) is 0 Å². The number of nitrogens with one attached hydrogen (secondary N) is 1. The minimum absolute atomic E-state index is 0.303. The standard InChI is InChI=1S/C20H18N4O2S/c1-27-14-7-5-13(6-8-14)16-18(10-21,11-22)19(12-23)15-4-2-3-9-20(15,25-16)26-17(19)24/h5-8,15-16,24H,2-4,9H2,1H3/t15-,16+,19+,20-/m1/s1. The van der Waals surface area contributed by atoms with Crippen molar-refractivity contribution < 1.29 is 9.47 Å². The van der Waals surface area contributed by atoms with Crippen LogP contribution in [0.4, 0.5) is 0 Å². The van der Waals surface area contributed by atoms with E-state index in [1.165, 1.54) is 0 Å². The van der Waals surface area contributed by atoms with E-state index in [0.717, 1.165) is 17.7 Å². The van der Waals surface area contributed by atoms with Gasteiger partial charge in [0.15, 0.2) is 5.41 Å². The molecule has 1 aromatic rings. The van der Waals surface area contributed by atoms with E-state index >= 15 is 0 Å². The Balaban J connectivity index is 1.95. The van der Waals surface area contributed by atoms with Crippen LogP contribution in [-0.4, -0.2) is 17.9 Å². The van der Waals surface area contributed by atoms with Crippen molar-refractivity contribution >= 4 is 17.7 Å². The monoisotopic (exact) mass is 378 g/mol. The quantitative estimate of drug-likeness (QED) is 0.780. The lowest BCUT2D eigenvalue weighted by molar-refractivity contribution is -0.294. The summed E-state index contributed by atoms with van der Waals surface area (Å²) in [4.78, 5) is 1.05. The average Bonchev–Trinajstić information content (AvgIpc) is 2.92. The number of hydrogen-bond acceptors (Lipinski definition) is 7. The number of benzene rings is 1. The molecule has 0 spiro atoms. The third-order valence-electron chi connectivity index (χ3n) is 6.23. The SMILES string of the molecule is CSc1ccc([C@@H]2O[C@@]34CCCC[C@@H]3[C@@](C#N)(C(=N)O4)C2(C#N)C#N)cc1. The lowest BCUT2D eigenvalue weighted by Crippen LogP contribution is -2.60. The molecule has 2 saturated heterocycles. The summed E-state index contributed by atoms with van der Waals surface area (Å²) in [6.07, 6.45) is 3.87. The maximum atomic E-state index is 10.2. The van der Waals surface area contributed by atoms with Gasteiger partial charge in [-0.2, -0.15) is 15.8 Å². The van der Waals surface area contributed by atoms with Crippen LogP contribution in [-0.2, 0) is 9.47 Å². The highest BCUT2D eigenvalue weighted by Crippen LogP contribution is 2.69. The number of thioether (sulfide) groups is 1. The number of ether oxygens (including phenoxy) is 2. The maximum Gasteiger partial charge on any atom is 0.217 e. The fourth-order valence-corrected chi connectivity index (χ4v) is 5.35. The molecule has 0 amide bonds. The molecule has 1 aliphatic carbocycles. The van der Waals surface area contributed by atoms with Gasteiger partial charge in [-0.15, -0.1) is 11.8 Å². The van der Waals surface area contributed by atoms with Crippen LogP contribution in [0.2, 0.25) is 0 Å². The Morgan fingerprint density at radius 2 is 1.81 bits per heavy atom. The average molecular weight is 378 g/mol. The summed E-state index contributed by atoms with van der Waals surface area (Å²) in [5.41, 5.74) is -2.82. The summed E-state index contributed by atoms with van der Waals surface area (Å²) in [5.74, 6) is -1.90. The summed E-state index contributed by atoms with van der Waals surface area (Å²) < 4.78 is 12.2. The molecule has 0 radical (unpaired) electrons. The molecule has 1 N–H and O–H groups in total. The second kappa shape index (κ2) is 5.99. The minimum atomic E-state index is -1.85. The molecule has 2 heterocycles. The van der Waals surface area contributed by atoms with Crippen LogP contribution in [0.1, 0.15) is 37.4 Å². The van der Waals surface area contributed by atoms with Crippen LogP contribution in [0.3, 0.4) is 0 Å². The Labute approximate surface area is 162 Å². The molecule has 7 heteroatoms. The minimum Gasteiger partial charge on any atom is -0.447 e. The Morgan fingerprint density at radius 1 is 1.11 bits per heavy atom. The van der Waals surface area contributed by atoms with E-state index in [2.05, 4.69) is 18.2 Å². The number of rotatable bonds is 2. The molecule has 3 aliphatic rings. The molecular weight excluding hydrogens is 360 g/mol. The highest BCUT2D eigenvalue weighted by Gasteiger charge is 2.80. The van der Waals surface area contributed by atoms with E-state index in [1.807, 2.05) is 30.5 Å². The highest BCUT2D eigenvalue weighted by atomic mass is 32.2. The van der Waals surface area contributed by atoms with Crippen LogP contribution < -0.4 is 0 Å². The molecule has 1 saturated carbocycles. The first-order valence-electron chi connectivity index (χ1n) is 8.87. The van der Waals surface area contributed by atoms with Crippen molar-refractivity contribution in [1.82, 2.24) is 0 Å². The van der Waals surface area contributed by atoms with Gasteiger partial charge in [-0.05, 0) is 36.8 Å². The van der Waals surface area contributed by atoms with Crippen LogP contribution in [0.25, 0.3) is 0 Å². The normalized spacial score (nSPS) is 35.9. The van der Waals surface area contributed by atoms with Gasteiger partial charge in [0, 0.05) is 11.3 Å². The largest absolute Gasteiger partial charge is 0.447 e. The van der Waals surface area contributed by atoms with Crippen LogP contribution in [0, 0.1) is 56.2 Å². The first kappa shape index (κ1) is 17.9. The van der Waals surface area contributed by atoms with Crippen LogP contribution >= 0.6 is 11.8 Å². The molecule has 3 fully saturated rings. The van der Waals surface area contributed by atoms with Gasteiger partial charge in [-0.3, -0.25) is 5.41 Å². The van der Waals surface area contributed by atoms with Crippen molar-refractivity contribution in [3.8, 4) is 18.2 Å². The zero-order valence-electron chi connectivity index (χ0n) is 14.9. The Bertz CT molecular complexity index is 911. The smallest absolute Gasteiger partial charge is 0.217 e. The third kappa shape index (κ3) is 2.00. The Kier molecular flexibility index (Phi) is 3.96. The first-order chi connectivity index (χ1) is 13.0. The zero-order valence-corrected chi connectivity index (χ0v) is 15.7. The predicted octanol–water partition coefficient (Wildman–Crippen LogP) is 3.92. The van der Waals surface area contributed by atoms with Crippen molar-refractivity contribution in [3.05, 3.63) is 29.8 Å². The highest BCUT2D eigenvalue weighted by molar-refractivity contribution is 7.98. The second-order valence-electron chi connectivity index (χ2n) is 7.26. The molecule has 136 valence electrons. The number of nitriles is 3. The molecule has 1 aromatic carbocycles. The van der Waals surface area contributed by atoms with Gasteiger partial charge in [-0.1, -0.05) is 18.6 Å². The van der Waals surface area contributed by atoms with E-state index in [0.29, 0.717) is 18.4 Å². The van der Waals surface area contributed by atoms with Gasteiger partial charge < -0.3 is 9.47 Å². The molecule has 6 nitrogen and oxygen atoms in total. The molecule has 4 atom stereocenters. The Morgan fingerprint density at radius 3 is 2.41 bits per heavy atom. The summed E-state index contributed by atoms with van der Waals surface area (Å²) in [6.45, 7) is 0. The lowest BCUT2D eigenvalue weighted by atomic mass is 9.51. The number of hydrogen-bond donors (Lipinski definition) is 1. The summed E-state index contributed by atoms with van der Waals surface area (Å²) in [5, 5.41) is 38.9. The molecule has 0 unspecified atom stereocenters. The molecular formula is C20H18N4O2S. The topological polar surface area (TPSA) is 114 Å². The van der Waals surface area contributed by atoms with E-state index in [-0.39, 0.29) is 5.90 Å². The van der Waals surface area contributed by atoms with Crippen molar-refractivity contribution in [2.24, 2.45) is 16.7 Å². The van der Waals surface area contributed by atoms with Crippen LogP contribution in [0.5, 0.6) is 0 Å². The summed E-state index contributed by atoms with van der Waals surface area (Å²) >= 11 is 1.59. The van der Waals surface area contributed by atoms with Crippen molar-refractivity contribution in [2.45, 2.75) is 42.5 Å². The molecule has 2 bridgehead atoms. The Hall–Kier alpha value is -2.53. The fourth-order valence-electron chi connectivity index (χ4n) is 4.94. The molecule has 4 rings (SSSR count). The van der Waals surface area contributed by atoms with Crippen molar-refractivity contribution in [3.63, 3.8) is 0 Å². The first-order valence-corrected chi connectivity index (χ1v) is 10.1. The van der Waals surface area contributed by atoms with E-state index < -0.39 is 28.6 Å². The molecule has 27 heavy (non-hydrogen) atoms. The van der Waals surface area contributed by atoms with Crippen molar-refractivity contribution in [1.29, 1.82) is 21.2 Å². The molecule has 0 aromatic heterocycles. The van der Waals surface area contributed by atoms with E-state index in [9.17, 15) is 15.8 Å². The zero-order chi connectivity index (χ0) is 19.3. The fraction of sp³-hybridized carbons (Fsp3) is 0.500.